The number of hydrogen-bond acceptors (Lipinski definition) is 6. The lowest BCUT2D eigenvalue weighted by Crippen LogP contribution is -2.27. The first-order chi connectivity index (χ1) is 19.8. The Morgan fingerprint density at radius 3 is 2.51 bits per heavy atom. The molecule has 2 aliphatic rings. The maximum absolute atomic E-state index is 13.0. The molecule has 2 amide bonds. The maximum atomic E-state index is 13.0. The van der Waals surface area contributed by atoms with Crippen LogP contribution in [0.2, 0.25) is 0 Å². The van der Waals surface area contributed by atoms with Crippen LogP contribution in [-0.2, 0) is 16.6 Å². The number of aromatic nitrogens is 3. The summed E-state index contributed by atoms with van der Waals surface area (Å²) in [5.41, 5.74) is 13.6. The normalized spacial score (nSPS) is 16.8. The molecule has 210 valence electrons. The minimum atomic E-state index is -0.229. The topological polar surface area (TPSA) is 115 Å². The van der Waals surface area contributed by atoms with Gasteiger partial charge in [-0.2, -0.15) is 0 Å². The first-order valence-electron chi connectivity index (χ1n) is 14.0. The highest BCUT2D eigenvalue weighted by Gasteiger charge is 2.28. The molecule has 4 aromatic rings. The van der Waals surface area contributed by atoms with E-state index in [2.05, 4.69) is 21.9 Å². The quantitative estimate of drug-likeness (QED) is 0.307. The number of nitrogens with two attached hydrogens (primary N) is 1. The van der Waals surface area contributed by atoms with Gasteiger partial charge >= 0.3 is 0 Å². The van der Waals surface area contributed by atoms with E-state index in [1.54, 1.807) is 6.92 Å². The number of hydrogen-bond donors (Lipinski definition) is 2. The molecule has 2 saturated heterocycles. The standard InChI is InChI=1S/C32H34N6O3/c1-19(2)31(39)36-22-12-13-23(24(17-22)25-7-6-16-41-25)28-26(27-29(33)34-18-35-30(27)37(28)3)20-8-10-21(11-9-20)32(40)38-14-4-5-15-38/h8-13,17-18,25H,1,4-7,14-16H2,2-3H3,(H,36,39)(H2,33,34,35)/t25-/m1/s1. The van der Waals surface area contributed by atoms with Gasteiger partial charge in [0.1, 0.15) is 17.8 Å². The lowest BCUT2D eigenvalue weighted by molar-refractivity contribution is -0.112. The van der Waals surface area contributed by atoms with Crippen LogP contribution in [0.5, 0.6) is 0 Å². The van der Waals surface area contributed by atoms with Gasteiger partial charge in [0.25, 0.3) is 11.8 Å². The van der Waals surface area contributed by atoms with Crippen molar-refractivity contribution in [3.05, 3.63) is 72.1 Å². The zero-order chi connectivity index (χ0) is 28.7. The maximum Gasteiger partial charge on any atom is 0.253 e. The summed E-state index contributed by atoms with van der Waals surface area (Å²) in [7, 11) is 1.97. The average molecular weight is 551 g/mol. The Morgan fingerprint density at radius 1 is 1.07 bits per heavy atom. The van der Waals surface area contributed by atoms with E-state index in [4.69, 9.17) is 10.5 Å². The van der Waals surface area contributed by atoms with Crippen LogP contribution in [0.1, 0.15) is 54.6 Å². The third-order valence-electron chi connectivity index (χ3n) is 8.04. The summed E-state index contributed by atoms with van der Waals surface area (Å²) in [5.74, 6) is 0.212. The number of nitrogens with zero attached hydrogens (tertiary/aromatic N) is 4. The van der Waals surface area contributed by atoms with Crippen molar-refractivity contribution in [1.29, 1.82) is 0 Å². The summed E-state index contributed by atoms with van der Waals surface area (Å²) in [4.78, 5) is 36.2. The molecule has 9 nitrogen and oxygen atoms in total. The third-order valence-corrected chi connectivity index (χ3v) is 8.04. The summed E-state index contributed by atoms with van der Waals surface area (Å²) in [6.45, 7) is 7.72. The second kappa shape index (κ2) is 10.8. The number of nitrogen functional groups attached to an aromatic ring is 1. The number of rotatable bonds is 6. The van der Waals surface area contributed by atoms with Crippen LogP contribution in [0.25, 0.3) is 33.4 Å². The van der Waals surface area contributed by atoms with Crippen molar-refractivity contribution in [2.45, 2.75) is 38.7 Å². The molecule has 2 fully saturated rings. The van der Waals surface area contributed by atoms with Gasteiger partial charge in [-0.25, -0.2) is 9.97 Å². The van der Waals surface area contributed by atoms with Gasteiger partial charge in [0, 0.05) is 54.7 Å². The zero-order valence-corrected chi connectivity index (χ0v) is 23.4. The van der Waals surface area contributed by atoms with Crippen molar-refractivity contribution in [1.82, 2.24) is 19.4 Å². The predicted octanol–water partition coefficient (Wildman–Crippen LogP) is 5.49. The Hall–Kier alpha value is -4.50. The lowest BCUT2D eigenvalue weighted by Gasteiger charge is -2.19. The predicted molar refractivity (Wildman–Crippen MR) is 160 cm³/mol. The smallest absolute Gasteiger partial charge is 0.253 e. The lowest BCUT2D eigenvalue weighted by atomic mass is 9.92. The van der Waals surface area contributed by atoms with E-state index in [0.717, 1.165) is 72.1 Å². The molecule has 1 atom stereocenters. The highest BCUT2D eigenvalue weighted by molar-refractivity contribution is 6.09. The van der Waals surface area contributed by atoms with Crippen LogP contribution < -0.4 is 11.1 Å². The molecule has 0 bridgehead atoms. The zero-order valence-electron chi connectivity index (χ0n) is 23.4. The van der Waals surface area contributed by atoms with Gasteiger partial charge in [-0.05, 0) is 68.0 Å². The number of nitrogens with one attached hydrogen (secondary N) is 1. The number of benzene rings is 2. The van der Waals surface area contributed by atoms with Gasteiger partial charge in [0.05, 0.1) is 17.2 Å². The molecule has 0 radical (unpaired) electrons. The van der Waals surface area contributed by atoms with E-state index in [1.807, 2.05) is 59.0 Å². The summed E-state index contributed by atoms with van der Waals surface area (Å²) < 4.78 is 8.18. The van der Waals surface area contributed by atoms with Crippen LogP contribution in [0.4, 0.5) is 11.5 Å². The highest BCUT2D eigenvalue weighted by Crippen LogP contribution is 2.45. The molecule has 0 spiro atoms. The molecule has 6 rings (SSSR count). The molecule has 0 aliphatic carbocycles. The number of amides is 2. The molecule has 0 saturated carbocycles. The molecular weight excluding hydrogens is 516 g/mol. The molecule has 4 heterocycles. The monoisotopic (exact) mass is 550 g/mol. The van der Waals surface area contributed by atoms with Gasteiger partial charge < -0.3 is 25.3 Å². The van der Waals surface area contributed by atoms with E-state index in [9.17, 15) is 9.59 Å². The molecule has 2 aromatic heterocycles. The third kappa shape index (κ3) is 4.86. The average Bonchev–Trinajstić information content (AvgIpc) is 3.75. The van der Waals surface area contributed by atoms with E-state index in [0.29, 0.717) is 34.9 Å². The first-order valence-corrected chi connectivity index (χ1v) is 14.0. The van der Waals surface area contributed by atoms with Crippen molar-refractivity contribution in [3.63, 3.8) is 0 Å². The number of fused-ring (bicyclic) bond motifs is 1. The summed E-state index contributed by atoms with van der Waals surface area (Å²) in [5, 5.41) is 3.69. The van der Waals surface area contributed by atoms with Crippen molar-refractivity contribution in [2.75, 3.05) is 30.7 Å². The molecule has 2 aliphatic heterocycles. The number of carbonyl (C=O) groups is 2. The Morgan fingerprint density at radius 2 is 1.83 bits per heavy atom. The summed E-state index contributed by atoms with van der Waals surface area (Å²) in [6, 6.07) is 13.6. The molecule has 2 aromatic carbocycles. The van der Waals surface area contributed by atoms with E-state index < -0.39 is 0 Å². The van der Waals surface area contributed by atoms with Crippen LogP contribution in [-0.4, -0.2) is 50.9 Å². The molecule has 41 heavy (non-hydrogen) atoms. The number of likely N-dealkylation sites (tertiary alicyclic amines) is 1. The van der Waals surface area contributed by atoms with Crippen LogP contribution in [0.3, 0.4) is 0 Å². The number of ether oxygens (including phenoxy) is 1. The summed E-state index contributed by atoms with van der Waals surface area (Å²) >= 11 is 0. The van der Waals surface area contributed by atoms with E-state index in [-0.39, 0.29) is 17.9 Å². The fraction of sp³-hybridized carbons (Fsp3) is 0.312. The van der Waals surface area contributed by atoms with E-state index >= 15 is 0 Å². The minimum absolute atomic E-state index is 0.0584. The Balaban J connectivity index is 1.52. The molecule has 0 unspecified atom stereocenters. The fourth-order valence-electron chi connectivity index (χ4n) is 5.94. The van der Waals surface area contributed by atoms with Gasteiger partial charge in [0.2, 0.25) is 0 Å². The molecular formula is C32H34N6O3. The van der Waals surface area contributed by atoms with E-state index in [1.165, 1.54) is 6.33 Å². The van der Waals surface area contributed by atoms with Crippen molar-refractivity contribution in [3.8, 4) is 22.4 Å². The molecule has 9 heteroatoms. The Kier molecular flexibility index (Phi) is 7.05. The Labute approximate surface area is 239 Å². The van der Waals surface area contributed by atoms with Gasteiger partial charge in [-0.1, -0.05) is 24.8 Å². The van der Waals surface area contributed by atoms with Crippen LogP contribution >= 0.6 is 0 Å². The van der Waals surface area contributed by atoms with Crippen molar-refractivity contribution < 1.29 is 14.3 Å². The van der Waals surface area contributed by atoms with Gasteiger partial charge in [-0.3, -0.25) is 9.59 Å². The SMILES string of the molecule is C=C(C)C(=O)Nc1ccc(-c2c(-c3ccc(C(=O)N4CCCC4)cc3)c3c(N)ncnc3n2C)c([C@H]2CCCO2)c1. The summed E-state index contributed by atoms with van der Waals surface area (Å²) in [6.07, 6.45) is 5.27. The van der Waals surface area contributed by atoms with Crippen LogP contribution in [0.15, 0.2) is 60.9 Å². The fourth-order valence-corrected chi connectivity index (χ4v) is 5.94. The van der Waals surface area contributed by atoms with Gasteiger partial charge in [0.15, 0.2) is 0 Å². The molecule has 3 N–H and O–H groups in total. The second-order valence-electron chi connectivity index (χ2n) is 10.9. The highest BCUT2D eigenvalue weighted by atomic mass is 16.5. The first kappa shape index (κ1) is 26.7. The Bertz CT molecular complexity index is 1660. The number of aryl methyl sites for hydroxylation is 1. The minimum Gasteiger partial charge on any atom is -0.383 e. The van der Waals surface area contributed by atoms with Crippen molar-refractivity contribution in [2.24, 2.45) is 7.05 Å². The van der Waals surface area contributed by atoms with Gasteiger partial charge in [-0.15, -0.1) is 0 Å². The second-order valence-corrected chi connectivity index (χ2v) is 10.9. The number of anilines is 2. The van der Waals surface area contributed by atoms with Crippen LogP contribution in [0, 0.1) is 0 Å². The van der Waals surface area contributed by atoms with Crippen molar-refractivity contribution >= 4 is 34.4 Å². The number of carbonyl (C=O) groups excluding carboxylic acids is 2. The largest absolute Gasteiger partial charge is 0.383 e.